The molecule has 1 aliphatic rings. The Morgan fingerprint density at radius 2 is 1.55 bits per heavy atom. The van der Waals surface area contributed by atoms with E-state index in [1.807, 2.05) is 6.07 Å². The van der Waals surface area contributed by atoms with Crippen molar-refractivity contribution in [2.75, 3.05) is 19.8 Å². The van der Waals surface area contributed by atoms with Gasteiger partial charge >= 0.3 is 0 Å². The molecule has 3 rings (SSSR count). The largest absolute Gasteiger partial charge is 0.490 e. The summed E-state index contributed by atoms with van der Waals surface area (Å²) in [6.07, 6.45) is 1.85. The van der Waals surface area contributed by atoms with Crippen LogP contribution in [0.1, 0.15) is 12.0 Å². The second kappa shape index (κ2) is 5.97. The highest BCUT2D eigenvalue weighted by Crippen LogP contribution is 2.34. The lowest BCUT2D eigenvalue weighted by Crippen LogP contribution is -2.02. The molecule has 0 atom stereocenters. The highest BCUT2D eigenvalue weighted by atomic mass is 16.5. The van der Waals surface area contributed by atoms with Gasteiger partial charge in [-0.05, 0) is 41.8 Å². The summed E-state index contributed by atoms with van der Waals surface area (Å²) in [7, 11) is 0. The summed E-state index contributed by atoms with van der Waals surface area (Å²) in [5.41, 5.74) is 9.17. The molecule has 1 aliphatic heterocycles. The fourth-order valence-corrected chi connectivity index (χ4v) is 2.37. The van der Waals surface area contributed by atoms with Gasteiger partial charge in [0.05, 0.1) is 13.2 Å². The lowest BCUT2D eigenvalue weighted by atomic mass is 10.0. The van der Waals surface area contributed by atoms with Crippen molar-refractivity contribution in [2.24, 2.45) is 5.73 Å². The van der Waals surface area contributed by atoms with Crippen LogP contribution in [0.25, 0.3) is 11.1 Å². The molecule has 104 valence electrons. The smallest absolute Gasteiger partial charge is 0.161 e. The van der Waals surface area contributed by atoms with Crippen molar-refractivity contribution >= 4 is 0 Å². The van der Waals surface area contributed by atoms with E-state index in [1.165, 1.54) is 11.1 Å². The Labute approximate surface area is 119 Å². The SMILES string of the molecule is NCCc1ccc(-c2ccc3c(c2)OCCCO3)cc1. The summed E-state index contributed by atoms with van der Waals surface area (Å²) in [4.78, 5) is 0. The number of benzene rings is 2. The molecular formula is C17H19NO2. The Morgan fingerprint density at radius 3 is 2.30 bits per heavy atom. The quantitative estimate of drug-likeness (QED) is 0.931. The van der Waals surface area contributed by atoms with Crippen molar-refractivity contribution in [3.05, 3.63) is 48.0 Å². The van der Waals surface area contributed by atoms with Crippen molar-refractivity contribution in [3.8, 4) is 22.6 Å². The predicted octanol–water partition coefficient (Wildman–Crippen LogP) is 3.02. The van der Waals surface area contributed by atoms with E-state index < -0.39 is 0 Å². The molecule has 2 aromatic carbocycles. The van der Waals surface area contributed by atoms with Gasteiger partial charge in [-0.3, -0.25) is 0 Å². The predicted molar refractivity (Wildman–Crippen MR) is 80.2 cm³/mol. The van der Waals surface area contributed by atoms with Crippen LogP contribution in [0.15, 0.2) is 42.5 Å². The molecule has 0 aliphatic carbocycles. The van der Waals surface area contributed by atoms with Crippen molar-refractivity contribution in [1.29, 1.82) is 0 Å². The first-order valence-electron chi connectivity index (χ1n) is 7.06. The molecule has 0 spiro atoms. The average molecular weight is 269 g/mol. The molecule has 3 heteroatoms. The van der Waals surface area contributed by atoms with Crippen molar-refractivity contribution < 1.29 is 9.47 Å². The molecule has 0 unspecified atom stereocenters. The van der Waals surface area contributed by atoms with Gasteiger partial charge in [0.1, 0.15) is 0 Å². The first-order valence-corrected chi connectivity index (χ1v) is 7.06. The third kappa shape index (κ3) is 2.78. The molecule has 20 heavy (non-hydrogen) atoms. The van der Waals surface area contributed by atoms with Crippen LogP contribution < -0.4 is 15.2 Å². The van der Waals surface area contributed by atoms with Crippen LogP contribution >= 0.6 is 0 Å². The van der Waals surface area contributed by atoms with Crippen molar-refractivity contribution in [2.45, 2.75) is 12.8 Å². The molecule has 3 nitrogen and oxygen atoms in total. The van der Waals surface area contributed by atoms with Crippen LogP contribution in [0.3, 0.4) is 0 Å². The monoisotopic (exact) mass is 269 g/mol. The van der Waals surface area contributed by atoms with Gasteiger partial charge in [-0.1, -0.05) is 30.3 Å². The normalized spacial score (nSPS) is 13.8. The second-order valence-electron chi connectivity index (χ2n) is 4.95. The highest BCUT2D eigenvalue weighted by molar-refractivity contribution is 5.67. The third-order valence-corrected chi connectivity index (χ3v) is 3.47. The number of hydrogen-bond acceptors (Lipinski definition) is 3. The van der Waals surface area contributed by atoms with Crippen LogP contribution in [-0.4, -0.2) is 19.8 Å². The Morgan fingerprint density at radius 1 is 0.850 bits per heavy atom. The lowest BCUT2D eigenvalue weighted by Gasteiger charge is -2.10. The summed E-state index contributed by atoms with van der Waals surface area (Å²) in [6.45, 7) is 2.12. The van der Waals surface area contributed by atoms with E-state index in [0.717, 1.165) is 36.5 Å². The summed E-state index contributed by atoms with van der Waals surface area (Å²) < 4.78 is 11.4. The Kier molecular flexibility index (Phi) is 3.88. The molecule has 2 aromatic rings. The summed E-state index contributed by atoms with van der Waals surface area (Å²) in [6, 6.07) is 14.6. The minimum atomic E-state index is 0.684. The van der Waals surface area contributed by atoms with Crippen LogP contribution in [0.5, 0.6) is 11.5 Å². The van der Waals surface area contributed by atoms with Crippen LogP contribution in [-0.2, 0) is 6.42 Å². The van der Waals surface area contributed by atoms with Crippen molar-refractivity contribution in [1.82, 2.24) is 0 Å². The Bertz CT molecular complexity index is 578. The minimum absolute atomic E-state index is 0.684. The molecule has 2 N–H and O–H groups in total. The fraction of sp³-hybridized carbons (Fsp3) is 0.294. The van der Waals surface area contributed by atoms with Gasteiger partial charge in [-0.2, -0.15) is 0 Å². The zero-order chi connectivity index (χ0) is 13.8. The number of hydrogen-bond donors (Lipinski definition) is 1. The van der Waals surface area contributed by atoms with Gasteiger partial charge < -0.3 is 15.2 Å². The third-order valence-electron chi connectivity index (χ3n) is 3.47. The van der Waals surface area contributed by atoms with Crippen LogP contribution in [0, 0.1) is 0 Å². The molecule has 1 heterocycles. The first-order chi connectivity index (χ1) is 9.86. The maximum atomic E-state index is 5.73. The Hall–Kier alpha value is -2.00. The van der Waals surface area contributed by atoms with Gasteiger partial charge in [0.25, 0.3) is 0 Å². The Balaban J connectivity index is 1.88. The minimum Gasteiger partial charge on any atom is -0.490 e. The van der Waals surface area contributed by atoms with Crippen molar-refractivity contribution in [3.63, 3.8) is 0 Å². The molecule has 0 saturated carbocycles. The fourth-order valence-electron chi connectivity index (χ4n) is 2.37. The maximum absolute atomic E-state index is 5.73. The molecule has 0 saturated heterocycles. The first kappa shape index (κ1) is 13.0. The van der Waals surface area contributed by atoms with E-state index in [0.29, 0.717) is 13.2 Å². The van der Waals surface area contributed by atoms with E-state index >= 15 is 0 Å². The highest BCUT2D eigenvalue weighted by Gasteiger charge is 2.11. The summed E-state index contributed by atoms with van der Waals surface area (Å²) >= 11 is 0. The van der Waals surface area contributed by atoms with Crippen LogP contribution in [0.2, 0.25) is 0 Å². The van der Waals surface area contributed by atoms with Crippen LogP contribution in [0.4, 0.5) is 0 Å². The zero-order valence-corrected chi connectivity index (χ0v) is 11.5. The van der Waals surface area contributed by atoms with Gasteiger partial charge in [-0.15, -0.1) is 0 Å². The lowest BCUT2D eigenvalue weighted by molar-refractivity contribution is 0.297. The standard InChI is InChI=1S/C17H19NO2/c18-9-8-13-2-4-14(5-3-13)15-6-7-16-17(12-15)20-11-1-10-19-16/h2-7,12H,1,8-11,18H2. The molecular weight excluding hydrogens is 250 g/mol. The van der Waals surface area contributed by atoms with E-state index in [4.69, 9.17) is 15.2 Å². The topological polar surface area (TPSA) is 44.5 Å². The summed E-state index contributed by atoms with van der Waals surface area (Å²) in [5, 5.41) is 0. The van der Waals surface area contributed by atoms with Gasteiger partial charge in [0, 0.05) is 6.42 Å². The molecule has 0 radical (unpaired) electrons. The number of ether oxygens (including phenoxy) is 2. The number of rotatable bonds is 3. The van der Waals surface area contributed by atoms with E-state index in [1.54, 1.807) is 0 Å². The maximum Gasteiger partial charge on any atom is 0.161 e. The van der Waals surface area contributed by atoms with Gasteiger partial charge in [0.15, 0.2) is 11.5 Å². The van der Waals surface area contributed by atoms with Gasteiger partial charge in [-0.25, -0.2) is 0 Å². The second-order valence-corrected chi connectivity index (χ2v) is 4.95. The molecule has 0 amide bonds. The van der Waals surface area contributed by atoms with E-state index in [-0.39, 0.29) is 0 Å². The molecule has 0 bridgehead atoms. The number of fused-ring (bicyclic) bond motifs is 1. The number of nitrogens with two attached hydrogens (primary N) is 1. The van der Waals surface area contributed by atoms with E-state index in [9.17, 15) is 0 Å². The van der Waals surface area contributed by atoms with Gasteiger partial charge in [0.2, 0.25) is 0 Å². The average Bonchev–Trinajstić information content (AvgIpc) is 2.73. The summed E-state index contributed by atoms with van der Waals surface area (Å²) in [5.74, 6) is 1.68. The molecule has 0 fully saturated rings. The molecule has 0 aromatic heterocycles. The van der Waals surface area contributed by atoms with E-state index in [2.05, 4.69) is 36.4 Å². The zero-order valence-electron chi connectivity index (χ0n) is 11.5.